The minimum Gasteiger partial charge on any atom is -0.481 e. The molecule has 0 spiro atoms. The lowest BCUT2D eigenvalue weighted by atomic mass is 10.1. The summed E-state index contributed by atoms with van der Waals surface area (Å²) in [5.41, 5.74) is 3.06. The standard InChI is InChI=1S/C16H19NO3/c1-4-12-10-13-7-5-11(6-8-15(18)19-2)9-14(13)17-16(12)20-3/h5,7,9-10H,4,6,8H2,1-3H3. The van der Waals surface area contributed by atoms with Crippen LogP contribution < -0.4 is 4.74 Å². The molecule has 0 unspecified atom stereocenters. The van der Waals surface area contributed by atoms with Crippen LogP contribution in [-0.4, -0.2) is 25.2 Å². The Morgan fingerprint density at radius 1 is 1.25 bits per heavy atom. The van der Waals surface area contributed by atoms with Gasteiger partial charge in [0.05, 0.1) is 19.7 Å². The SMILES string of the molecule is CCc1cc2ccc(CCC(=O)OC)cc2nc1OC. The van der Waals surface area contributed by atoms with Gasteiger partial charge in [-0.2, -0.15) is 0 Å². The van der Waals surface area contributed by atoms with Crippen molar-refractivity contribution in [3.63, 3.8) is 0 Å². The molecule has 0 aliphatic heterocycles. The van der Waals surface area contributed by atoms with Gasteiger partial charge in [-0.25, -0.2) is 4.98 Å². The van der Waals surface area contributed by atoms with Crippen molar-refractivity contribution in [2.24, 2.45) is 0 Å². The summed E-state index contributed by atoms with van der Waals surface area (Å²) in [6, 6.07) is 8.16. The van der Waals surface area contributed by atoms with Gasteiger partial charge in [-0.1, -0.05) is 19.1 Å². The summed E-state index contributed by atoms with van der Waals surface area (Å²) in [7, 11) is 3.04. The number of aromatic nitrogens is 1. The number of benzene rings is 1. The highest BCUT2D eigenvalue weighted by Gasteiger charge is 2.07. The molecule has 0 bridgehead atoms. The van der Waals surface area contributed by atoms with Gasteiger partial charge in [-0.15, -0.1) is 0 Å². The first-order valence-electron chi connectivity index (χ1n) is 6.71. The predicted octanol–water partition coefficient (Wildman–Crippen LogP) is 2.91. The Bertz CT molecular complexity index is 622. The Hall–Kier alpha value is -2.10. The number of pyridine rings is 1. The minimum atomic E-state index is -0.197. The van der Waals surface area contributed by atoms with Crippen molar-refractivity contribution in [3.8, 4) is 5.88 Å². The van der Waals surface area contributed by atoms with E-state index in [-0.39, 0.29) is 5.97 Å². The highest BCUT2D eigenvalue weighted by atomic mass is 16.5. The van der Waals surface area contributed by atoms with Gasteiger partial charge in [0, 0.05) is 17.4 Å². The van der Waals surface area contributed by atoms with Crippen molar-refractivity contribution in [2.75, 3.05) is 14.2 Å². The Morgan fingerprint density at radius 3 is 2.70 bits per heavy atom. The lowest BCUT2D eigenvalue weighted by Crippen LogP contribution is -2.02. The van der Waals surface area contributed by atoms with Crippen molar-refractivity contribution in [1.29, 1.82) is 0 Å². The monoisotopic (exact) mass is 273 g/mol. The van der Waals surface area contributed by atoms with Crippen LogP contribution >= 0.6 is 0 Å². The number of ether oxygens (including phenoxy) is 2. The van der Waals surface area contributed by atoms with E-state index in [0.29, 0.717) is 18.7 Å². The number of methoxy groups -OCH3 is 2. The third-order valence-electron chi connectivity index (χ3n) is 3.34. The third-order valence-corrected chi connectivity index (χ3v) is 3.34. The number of hydrogen-bond acceptors (Lipinski definition) is 4. The zero-order chi connectivity index (χ0) is 14.5. The van der Waals surface area contributed by atoms with Crippen molar-refractivity contribution in [2.45, 2.75) is 26.2 Å². The topological polar surface area (TPSA) is 48.4 Å². The maximum absolute atomic E-state index is 11.2. The Morgan fingerprint density at radius 2 is 2.05 bits per heavy atom. The first-order chi connectivity index (χ1) is 9.67. The maximum Gasteiger partial charge on any atom is 0.305 e. The molecule has 0 fully saturated rings. The molecule has 1 aromatic heterocycles. The molecule has 0 amide bonds. The number of esters is 1. The molecule has 0 N–H and O–H groups in total. The Kier molecular flexibility index (Phi) is 4.56. The molecule has 0 aliphatic rings. The van der Waals surface area contributed by atoms with Crippen LogP contribution in [0.25, 0.3) is 10.9 Å². The van der Waals surface area contributed by atoms with Gasteiger partial charge in [0.15, 0.2) is 0 Å². The molecule has 20 heavy (non-hydrogen) atoms. The van der Waals surface area contributed by atoms with E-state index >= 15 is 0 Å². The van der Waals surface area contributed by atoms with Crippen LogP contribution in [0.15, 0.2) is 24.3 Å². The molecular formula is C16H19NO3. The molecule has 2 rings (SSSR count). The lowest BCUT2D eigenvalue weighted by molar-refractivity contribution is -0.140. The van der Waals surface area contributed by atoms with Crippen LogP contribution in [0.2, 0.25) is 0 Å². The van der Waals surface area contributed by atoms with Gasteiger partial charge >= 0.3 is 5.97 Å². The van der Waals surface area contributed by atoms with Crippen molar-refractivity contribution >= 4 is 16.9 Å². The molecule has 0 saturated carbocycles. The van der Waals surface area contributed by atoms with Gasteiger partial charge in [-0.05, 0) is 30.5 Å². The molecule has 1 aromatic carbocycles. The first-order valence-corrected chi connectivity index (χ1v) is 6.71. The fraction of sp³-hybridized carbons (Fsp3) is 0.375. The van der Waals surface area contributed by atoms with E-state index in [9.17, 15) is 4.79 Å². The number of nitrogens with zero attached hydrogens (tertiary/aromatic N) is 1. The van der Waals surface area contributed by atoms with E-state index in [4.69, 9.17) is 4.74 Å². The van der Waals surface area contributed by atoms with Gasteiger partial charge in [0.25, 0.3) is 0 Å². The summed E-state index contributed by atoms with van der Waals surface area (Å²) in [6.45, 7) is 2.08. The highest BCUT2D eigenvalue weighted by Crippen LogP contribution is 2.23. The summed E-state index contributed by atoms with van der Waals surface area (Å²) < 4.78 is 9.97. The number of aryl methyl sites for hydroxylation is 2. The summed E-state index contributed by atoms with van der Waals surface area (Å²) in [5, 5.41) is 1.09. The van der Waals surface area contributed by atoms with Crippen LogP contribution in [0, 0.1) is 0 Å². The largest absolute Gasteiger partial charge is 0.481 e. The van der Waals surface area contributed by atoms with E-state index in [1.807, 2.05) is 18.2 Å². The zero-order valence-electron chi connectivity index (χ0n) is 12.1. The molecule has 0 atom stereocenters. The number of rotatable bonds is 5. The predicted molar refractivity (Wildman–Crippen MR) is 78.0 cm³/mol. The number of hydrogen-bond donors (Lipinski definition) is 0. The number of carbonyl (C=O) groups is 1. The number of fused-ring (bicyclic) bond motifs is 1. The quantitative estimate of drug-likeness (QED) is 0.786. The minimum absolute atomic E-state index is 0.197. The van der Waals surface area contributed by atoms with Gasteiger partial charge in [0.1, 0.15) is 0 Å². The molecule has 106 valence electrons. The maximum atomic E-state index is 11.2. The molecule has 4 nitrogen and oxygen atoms in total. The summed E-state index contributed by atoms with van der Waals surface area (Å²) >= 11 is 0. The van der Waals surface area contributed by atoms with E-state index in [1.54, 1.807) is 7.11 Å². The van der Waals surface area contributed by atoms with Crippen molar-refractivity contribution in [1.82, 2.24) is 4.98 Å². The van der Waals surface area contributed by atoms with Gasteiger partial charge < -0.3 is 9.47 Å². The molecule has 2 aromatic rings. The van der Waals surface area contributed by atoms with Crippen LogP contribution in [-0.2, 0) is 22.4 Å². The first kappa shape index (κ1) is 14.3. The smallest absolute Gasteiger partial charge is 0.305 e. The average Bonchev–Trinajstić information content (AvgIpc) is 2.50. The summed E-state index contributed by atoms with van der Waals surface area (Å²) in [4.78, 5) is 15.7. The van der Waals surface area contributed by atoms with E-state index < -0.39 is 0 Å². The fourth-order valence-electron chi connectivity index (χ4n) is 2.17. The second kappa shape index (κ2) is 6.37. The van der Waals surface area contributed by atoms with Crippen LogP contribution in [0.5, 0.6) is 5.88 Å². The molecule has 4 heteroatoms. The second-order valence-electron chi connectivity index (χ2n) is 4.61. The molecular weight excluding hydrogens is 254 g/mol. The van der Waals surface area contributed by atoms with E-state index in [2.05, 4.69) is 22.7 Å². The Labute approximate surface area is 118 Å². The zero-order valence-corrected chi connectivity index (χ0v) is 12.1. The summed E-state index contributed by atoms with van der Waals surface area (Å²) in [5.74, 6) is 0.474. The molecule has 0 radical (unpaired) electrons. The molecule has 0 saturated heterocycles. The third kappa shape index (κ3) is 3.07. The van der Waals surface area contributed by atoms with E-state index in [0.717, 1.165) is 28.5 Å². The van der Waals surface area contributed by atoms with E-state index in [1.165, 1.54) is 7.11 Å². The van der Waals surface area contributed by atoms with Crippen LogP contribution in [0.3, 0.4) is 0 Å². The molecule has 0 aliphatic carbocycles. The Balaban J connectivity index is 2.31. The van der Waals surface area contributed by atoms with Gasteiger partial charge in [0.2, 0.25) is 5.88 Å². The van der Waals surface area contributed by atoms with Crippen LogP contribution in [0.1, 0.15) is 24.5 Å². The normalized spacial score (nSPS) is 10.6. The molecule has 1 heterocycles. The number of carbonyl (C=O) groups excluding carboxylic acids is 1. The summed E-state index contributed by atoms with van der Waals surface area (Å²) in [6.07, 6.45) is 1.92. The van der Waals surface area contributed by atoms with Crippen molar-refractivity contribution < 1.29 is 14.3 Å². The van der Waals surface area contributed by atoms with Crippen molar-refractivity contribution in [3.05, 3.63) is 35.4 Å². The second-order valence-corrected chi connectivity index (χ2v) is 4.61. The van der Waals surface area contributed by atoms with Gasteiger partial charge in [-0.3, -0.25) is 4.79 Å². The van der Waals surface area contributed by atoms with Crippen LogP contribution in [0.4, 0.5) is 0 Å². The highest BCUT2D eigenvalue weighted by molar-refractivity contribution is 5.81. The fourth-order valence-corrected chi connectivity index (χ4v) is 2.17. The lowest BCUT2D eigenvalue weighted by Gasteiger charge is -2.09. The average molecular weight is 273 g/mol.